The van der Waals surface area contributed by atoms with Crippen LogP contribution in [-0.4, -0.2) is 48.6 Å². The van der Waals surface area contributed by atoms with Gasteiger partial charge in [0, 0.05) is 49.7 Å². The first-order valence-corrected chi connectivity index (χ1v) is 15.0. The highest BCUT2D eigenvalue weighted by Gasteiger charge is 2.40. The van der Waals surface area contributed by atoms with Gasteiger partial charge < -0.3 is 9.84 Å². The summed E-state index contributed by atoms with van der Waals surface area (Å²) in [6.45, 7) is 12.2. The van der Waals surface area contributed by atoms with Gasteiger partial charge in [0.25, 0.3) is 0 Å². The van der Waals surface area contributed by atoms with Gasteiger partial charge in [-0.1, -0.05) is 48.5 Å². The number of aromatic nitrogens is 4. The Morgan fingerprint density at radius 1 is 1.14 bits per heavy atom. The van der Waals surface area contributed by atoms with Crippen molar-refractivity contribution in [1.82, 2.24) is 24.9 Å². The van der Waals surface area contributed by atoms with Gasteiger partial charge in [0.15, 0.2) is 0 Å². The van der Waals surface area contributed by atoms with Gasteiger partial charge in [-0.15, -0.1) is 5.10 Å². The third kappa shape index (κ3) is 5.14. The van der Waals surface area contributed by atoms with Crippen LogP contribution in [0.25, 0.3) is 21.9 Å². The molecular weight excluding hydrogens is 538 g/mol. The molecule has 8 heteroatoms. The fourth-order valence-electron chi connectivity index (χ4n) is 6.49. The summed E-state index contributed by atoms with van der Waals surface area (Å²) in [5, 5.41) is 20.1. The number of aryl methyl sites for hydroxylation is 3. The molecule has 0 bridgehead atoms. The van der Waals surface area contributed by atoms with E-state index in [0.29, 0.717) is 6.54 Å². The van der Waals surface area contributed by atoms with Crippen LogP contribution in [0.1, 0.15) is 66.5 Å². The largest absolute Gasteiger partial charge is 0.488 e. The van der Waals surface area contributed by atoms with Gasteiger partial charge in [-0.3, -0.25) is 14.7 Å². The van der Waals surface area contributed by atoms with E-state index in [0.717, 1.165) is 69.4 Å². The number of pyridine rings is 1. The number of fused-ring (bicyclic) bond motifs is 4. The predicted octanol–water partition coefficient (Wildman–Crippen LogP) is 6.55. The van der Waals surface area contributed by atoms with Crippen molar-refractivity contribution in [2.24, 2.45) is 12.5 Å². The highest BCUT2D eigenvalue weighted by Crippen LogP contribution is 2.44. The summed E-state index contributed by atoms with van der Waals surface area (Å²) in [7, 11) is 1.87. The first-order valence-electron chi connectivity index (χ1n) is 15.0. The first-order chi connectivity index (χ1) is 20.6. The average Bonchev–Trinajstić information content (AvgIpc) is 3.26. The highest BCUT2D eigenvalue weighted by atomic mass is 16.5. The van der Waals surface area contributed by atoms with Crippen LogP contribution in [0.2, 0.25) is 0 Å². The molecule has 1 N–H and O–H groups in total. The van der Waals surface area contributed by atoms with E-state index in [9.17, 15) is 9.90 Å². The number of carboxylic acid groups (broad SMARTS) is 1. The molecule has 8 nitrogen and oxygen atoms in total. The molecule has 1 aliphatic rings. The minimum absolute atomic E-state index is 0.0515. The van der Waals surface area contributed by atoms with Crippen molar-refractivity contribution in [2.45, 2.75) is 66.2 Å². The zero-order valence-corrected chi connectivity index (χ0v) is 25.8. The maximum atomic E-state index is 12.7. The van der Waals surface area contributed by atoms with Crippen molar-refractivity contribution in [3.05, 3.63) is 94.2 Å². The number of hydrogen-bond donors (Lipinski definition) is 1. The number of ether oxygens (including phenoxy) is 1. The minimum atomic E-state index is -1.07. The molecule has 2 aromatic heterocycles. The topological polar surface area (TPSA) is 93.4 Å². The zero-order chi connectivity index (χ0) is 30.5. The minimum Gasteiger partial charge on any atom is -0.488 e. The van der Waals surface area contributed by atoms with E-state index in [1.165, 1.54) is 11.1 Å². The van der Waals surface area contributed by atoms with Crippen molar-refractivity contribution in [1.29, 1.82) is 0 Å². The van der Waals surface area contributed by atoms with E-state index in [1.54, 1.807) is 4.68 Å². The van der Waals surface area contributed by atoms with Crippen LogP contribution >= 0.6 is 0 Å². The van der Waals surface area contributed by atoms with Gasteiger partial charge in [-0.25, -0.2) is 4.68 Å². The number of nitrogens with zero attached hydrogens (tertiary/aromatic N) is 5. The Balaban J connectivity index is 1.40. The third-order valence-electron chi connectivity index (χ3n) is 9.16. The number of benzene rings is 3. The molecule has 222 valence electrons. The molecule has 3 heterocycles. The quantitative estimate of drug-likeness (QED) is 0.234. The van der Waals surface area contributed by atoms with E-state index < -0.39 is 11.4 Å². The van der Waals surface area contributed by atoms with Crippen LogP contribution in [-0.2, 0) is 24.9 Å². The average molecular weight is 578 g/mol. The Labute approximate surface area is 252 Å². The monoisotopic (exact) mass is 577 g/mol. The molecule has 43 heavy (non-hydrogen) atoms. The fourth-order valence-corrected chi connectivity index (χ4v) is 6.49. The Bertz CT molecular complexity index is 1840. The van der Waals surface area contributed by atoms with E-state index in [2.05, 4.69) is 53.3 Å². The summed E-state index contributed by atoms with van der Waals surface area (Å²) in [6, 6.07) is 18.6. The van der Waals surface area contributed by atoms with Gasteiger partial charge >= 0.3 is 5.97 Å². The molecule has 6 rings (SSSR count). The molecule has 3 aromatic carbocycles. The SMILES string of the molecule is CC[C@@H]1CN(Cc2cc(C(c3ccc4c(nnn4C)c3C)C(C)(C)C(=O)O)ccc2C)Cc2cnc3ccccc3c2O1. The number of para-hydroxylation sites is 1. The second-order valence-electron chi connectivity index (χ2n) is 12.5. The number of rotatable bonds is 7. The molecule has 0 amide bonds. The molecule has 0 saturated heterocycles. The molecule has 0 fully saturated rings. The molecule has 0 aliphatic carbocycles. The molecule has 0 spiro atoms. The molecular formula is C35H39N5O3. The summed E-state index contributed by atoms with van der Waals surface area (Å²) >= 11 is 0. The molecule has 0 saturated carbocycles. The highest BCUT2D eigenvalue weighted by molar-refractivity contribution is 5.86. The summed E-state index contributed by atoms with van der Waals surface area (Å²) in [4.78, 5) is 19.9. The van der Waals surface area contributed by atoms with Gasteiger partial charge in [0.2, 0.25) is 0 Å². The zero-order valence-electron chi connectivity index (χ0n) is 25.8. The van der Waals surface area contributed by atoms with Crippen LogP contribution < -0.4 is 4.74 Å². The number of carbonyl (C=O) groups is 1. The molecule has 2 atom stereocenters. The van der Waals surface area contributed by atoms with Crippen LogP contribution in [0.4, 0.5) is 0 Å². The predicted molar refractivity (Wildman–Crippen MR) is 168 cm³/mol. The Kier molecular flexibility index (Phi) is 7.42. The first kappa shape index (κ1) is 28.8. The van der Waals surface area contributed by atoms with Crippen LogP contribution in [0.3, 0.4) is 0 Å². The lowest BCUT2D eigenvalue weighted by Crippen LogP contribution is -2.33. The van der Waals surface area contributed by atoms with E-state index in [1.807, 2.05) is 64.3 Å². The van der Waals surface area contributed by atoms with Gasteiger partial charge in [-0.2, -0.15) is 0 Å². The number of hydrogen-bond acceptors (Lipinski definition) is 6. The lowest BCUT2D eigenvalue weighted by Gasteiger charge is -2.33. The number of aliphatic carboxylic acids is 1. The Hall–Kier alpha value is -4.30. The normalized spacial score (nSPS) is 16.6. The number of carboxylic acids is 1. The van der Waals surface area contributed by atoms with Crippen LogP contribution in [0.15, 0.2) is 60.8 Å². The van der Waals surface area contributed by atoms with Gasteiger partial charge in [0.1, 0.15) is 17.4 Å². The summed E-state index contributed by atoms with van der Waals surface area (Å²) in [5.74, 6) is -0.295. The maximum absolute atomic E-state index is 12.7. The summed E-state index contributed by atoms with van der Waals surface area (Å²) in [6.07, 6.45) is 2.89. The maximum Gasteiger partial charge on any atom is 0.310 e. The van der Waals surface area contributed by atoms with Crippen LogP contribution in [0.5, 0.6) is 5.75 Å². The fraction of sp³-hybridized carbons (Fsp3) is 0.371. The van der Waals surface area contributed by atoms with Gasteiger partial charge in [-0.05, 0) is 80.1 Å². The van der Waals surface area contributed by atoms with E-state index in [4.69, 9.17) is 9.72 Å². The Morgan fingerprint density at radius 2 is 1.93 bits per heavy atom. The van der Waals surface area contributed by atoms with Crippen LogP contribution in [0, 0.1) is 19.3 Å². The van der Waals surface area contributed by atoms with Gasteiger partial charge in [0.05, 0.1) is 16.4 Å². The van der Waals surface area contributed by atoms with Crippen molar-refractivity contribution < 1.29 is 14.6 Å². The molecule has 5 aromatic rings. The molecule has 0 radical (unpaired) electrons. The van der Waals surface area contributed by atoms with Crippen molar-refractivity contribution in [3.8, 4) is 5.75 Å². The standard InChI is InChI=1S/C35H39N5O3/c1-7-26-20-40(19-25-17-36-29-11-9-8-10-28(29)33(25)43-26)18-24-16-23(13-12-21(24)2)31(35(4,5)34(41)42)27-14-15-30-32(22(27)3)37-38-39(30)6/h8-17,26,31H,7,18-20H2,1-6H3,(H,41,42)/t26-,31?/m1/s1. The lowest BCUT2D eigenvalue weighted by atomic mass is 9.69. The van der Waals surface area contributed by atoms with E-state index >= 15 is 0 Å². The summed E-state index contributed by atoms with van der Waals surface area (Å²) in [5.41, 5.74) is 7.92. The summed E-state index contributed by atoms with van der Waals surface area (Å²) < 4.78 is 8.35. The Morgan fingerprint density at radius 3 is 2.70 bits per heavy atom. The van der Waals surface area contributed by atoms with Crippen molar-refractivity contribution >= 4 is 27.9 Å². The lowest BCUT2D eigenvalue weighted by molar-refractivity contribution is -0.147. The van der Waals surface area contributed by atoms with Crippen molar-refractivity contribution in [2.75, 3.05) is 6.54 Å². The molecule has 1 aliphatic heterocycles. The smallest absolute Gasteiger partial charge is 0.310 e. The second-order valence-corrected chi connectivity index (χ2v) is 12.5. The third-order valence-corrected chi connectivity index (χ3v) is 9.16. The van der Waals surface area contributed by atoms with E-state index in [-0.39, 0.29) is 12.0 Å². The van der Waals surface area contributed by atoms with Crippen molar-refractivity contribution in [3.63, 3.8) is 0 Å². The molecule has 1 unspecified atom stereocenters. The second kappa shape index (κ2) is 11.1.